The molecule has 1 aromatic rings. The summed E-state index contributed by atoms with van der Waals surface area (Å²) < 4.78 is 0. The third-order valence-corrected chi connectivity index (χ3v) is 5.28. The van der Waals surface area contributed by atoms with E-state index < -0.39 is 0 Å². The molecule has 2 aliphatic rings. The summed E-state index contributed by atoms with van der Waals surface area (Å²) in [6.07, 6.45) is 5.43. The van der Waals surface area contributed by atoms with Crippen molar-refractivity contribution < 1.29 is 0 Å². The van der Waals surface area contributed by atoms with E-state index >= 15 is 0 Å². The molecular formula is C17H25N. The lowest BCUT2D eigenvalue weighted by Crippen LogP contribution is -2.32. The van der Waals surface area contributed by atoms with Crippen LogP contribution in [0.5, 0.6) is 0 Å². The molecule has 2 atom stereocenters. The number of hydrogen-bond donors (Lipinski definition) is 1. The van der Waals surface area contributed by atoms with E-state index in [1.54, 1.807) is 5.56 Å². The molecule has 0 aliphatic heterocycles. The predicted octanol–water partition coefficient (Wildman–Crippen LogP) is 3.53. The van der Waals surface area contributed by atoms with Crippen LogP contribution in [0.2, 0.25) is 0 Å². The van der Waals surface area contributed by atoms with Gasteiger partial charge in [0.1, 0.15) is 0 Å². The second kappa shape index (κ2) is 4.09. The van der Waals surface area contributed by atoms with Crippen molar-refractivity contribution >= 4 is 0 Å². The van der Waals surface area contributed by atoms with E-state index in [0.717, 1.165) is 18.4 Å². The first-order chi connectivity index (χ1) is 8.53. The number of fused-ring (bicyclic) bond motifs is 1. The highest BCUT2D eigenvalue weighted by Gasteiger charge is 2.52. The van der Waals surface area contributed by atoms with Crippen LogP contribution in [0.15, 0.2) is 12.1 Å². The first-order valence-electron chi connectivity index (χ1n) is 7.30. The van der Waals surface area contributed by atoms with Crippen molar-refractivity contribution in [2.75, 3.05) is 6.54 Å². The molecule has 0 saturated heterocycles. The number of nitrogens with two attached hydrogens (primary N) is 1. The Labute approximate surface area is 111 Å². The number of rotatable bonds is 3. The average Bonchev–Trinajstić information content (AvgIpc) is 2.92. The van der Waals surface area contributed by atoms with Crippen molar-refractivity contribution in [3.63, 3.8) is 0 Å². The zero-order chi connectivity index (χ0) is 12.9. The van der Waals surface area contributed by atoms with Gasteiger partial charge in [-0.1, -0.05) is 17.7 Å². The summed E-state index contributed by atoms with van der Waals surface area (Å²) in [5, 5.41) is 0. The highest BCUT2D eigenvalue weighted by molar-refractivity contribution is 5.38. The van der Waals surface area contributed by atoms with Gasteiger partial charge in [-0.05, 0) is 86.9 Å². The Balaban J connectivity index is 1.87. The summed E-state index contributed by atoms with van der Waals surface area (Å²) in [5.74, 6) is 2.03. The Morgan fingerprint density at radius 1 is 1.11 bits per heavy atom. The topological polar surface area (TPSA) is 26.0 Å². The van der Waals surface area contributed by atoms with Gasteiger partial charge in [-0.3, -0.25) is 0 Å². The molecule has 1 nitrogen and oxygen atoms in total. The van der Waals surface area contributed by atoms with Crippen molar-refractivity contribution in [1.82, 2.24) is 0 Å². The Morgan fingerprint density at radius 2 is 1.67 bits per heavy atom. The highest BCUT2D eigenvalue weighted by atomic mass is 14.7. The molecule has 0 bridgehead atoms. The van der Waals surface area contributed by atoms with E-state index in [4.69, 9.17) is 5.73 Å². The van der Waals surface area contributed by atoms with Crippen molar-refractivity contribution in [3.8, 4) is 0 Å². The molecule has 2 fully saturated rings. The fourth-order valence-corrected chi connectivity index (χ4v) is 4.25. The summed E-state index contributed by atoms with van der Waals surface area (Å²) >= 11 is 0. The zero-order valence-corrected chi connectivity index (χ0v) is 11.9. The summed E-state index contributed by atoms with van der Waals surface area (Å²) in [5.41, 5.74) is 12.4. The van der Waals surface area contributed by atoms with Crippen LogP contribution in [0.3, 0.4) is 0 Å². The van der Waals surface area contributed by atoms with Crippen molar-refractivity contribution in [2.24, 2.45) is 23.0 Å². The Kier molecular flexibility index (Phi) is 2.78. The van der Waals surface area contributed by atoms with Gasteiger partial charge in [0, 0.05) is 0 Å². The summed E-state index contributed by atoms with van der Waals surface area (Å²) in [6, 6.07) is 4.64. The zero-order valence-electron chi connectivity index (χ0n) is 11.9. The second-order valence-corrected chi connectivity index (χ2v) is 6.92. The number of aryl methyl sites for hydroxylation is 3. The van der Waals surface area contributed by atoms with E-state index in [1.807, 2.05) is 0 Å². The standard InChI is InChI=1S/C17H25N/c1-11-4-12(2)16(13(3)5-11)9-17(10-18)7-14-6-15(14)8-17/h4-5,14-15H,6-10,18H2,1-3H3. The normalized spacial score (nSPS) is 33.6. The summed E-state index contributed by atoms with van der Waals surface area (Å²) in [7, 11) is 0. The van der Waals surface area contributed by atoms with Gasteiger partial charge in [-0.25, -0.2) is 0 Å². The molecule has 98 valence electrons. The lowest BCUT2D eigenvalue weighted by Gasteiger charge is -2.31. The fraction of sp³-hybridized carbons (Fsp3) is 0.647. The van der Waals surface area contributed by atoms with Crippen molar-refractivity contribution in [1.29, 1.82) is 0 Å². The molecule has 0 aromatic heterocycles. The van der Waals surface area contributed by atoms with Crippen LogP contribution in [0.25, 0.3) is 0 Å². The molecule has 2 unspecified atom stereocenters. The third-order valence-electron chi connectivity index (χ3n) is 5.28. The Morgan fingerprint density at radius 3 is 2.17 bits per heavy atom. The van der Waals surface area contributed by atoms with Gasteiger partial charge in [0.2, 0.25) is 0 Å². The maximum atomic E-state index is 6.13. The Hall–Kier alpha value is -0.820. The molecule has 3 rings (SSSR count). The molecule has 0 amide bonds. The maximum absolute atomic E-state index is 6.13. The fourth-order valence-electron chi connectivity index (χ4n) is 4.25. The molecule has 0 heterocycles. The van der Waals surface area contributed by atoms with Gasteiger partial charge >= 0.3 is 0 Å². The lowest BCUT2D eigenvalue weighted by molar-refractivity contribution is 0.272. The minimum atomic E-state index is 0.415. The predicted molar refractivity (Wildman–Crippen MR) is 76.7 cm³/mol. The number of hydrogen-bond acceptors (Lipinski definition) is 1. The van der Waals surface area contributed by atoms with Crippen LogP contribution in [0, 0.1) is 38.0 Å². The van der Waals surface area contributed by atoms with Crippen LogP contribution in [0.1, 0.15) is 41.5 Å². The molecule has 0 spiro atoms. The third kappa shape index (κ3) is 1.99. The van der Waals surface area contributed by atoms with Crippen molar-refractivity contribution in [3.05, 3.63) is 34.4 Å². The second-order valence-electron chi connectivity index (χ2n) is 6.92. The van der Waals surface area contributed by atoms with Crippen molar-refractivity contribution in [2.45, 2.75) is 46.5 Å². The molecule has 2 saturated carbocycles. The molecule has 1 aromatic carbocycles. The van der Waals surface area contributed by atoms with E-state index in [1.165, 1.54) is 42.4 Å². The molecule has 2 N–H and O–H groups in total. The minimum absolute atomic E-state index is 0.415. The van der Waals surface area contributed by atoms with Crippen LogP contribution >= 0.6 is 0 Å². The van der Waals surface area contributed by atoms with Gasteiger partial charge in [0.05, 0.1) is 0 Å². The monoisotopic (exact) mass is 243 g/mol. The van der Waals surface area contributed by atoms with E-state index in [-0.39, 0.29) is 0 Å². The largest absolute Gasteiger partial charge is 0.330 e. The van der Waals surface area contributed by atoms with Gasteiger partial charge in [-0.15, -0.1) is 0 Å². The first-order valence-corrected chi connectivity index (χ1v) is 7.30. The highest BCUT2D eigenvalue weighted by Crippen LogP contribution is 2.60. The van der Waals surface area contributed by atoms with Gasteiger partial charge in [-0.2, -0.15) is 0 Å². The summed E-state index contributed by atoms with van der Waals surface area (Å²) in [6.45, 7) is 7.57. The maximum Gasteiger partial charge on any atom is -0.00171 e. The SMILES string of the molecule is Cc1cc(C)c(CC2(CN)CC3CC3C2)c(C)c1. The lowest BCUT2D eigenvalue weighted by atomic mass is 9.75. The molecule has 1 heteroatoms. The average molecular weight is 243 g/mol. The van der Waals surface area contributed by atoms with Crippen LogP contribution < -0.4 is 5.73 Å². The van der Waals surface area contributed by atoms with E-state index in [9.17, 15) is 0 Å². The van der Waals surface area contributed by atoms with Gasteiger partial charge in [0.15, 0.2) is 0 Å². The first kappa shape index (κ1) is 12.2. The molecule has 0 radical (unpaired) electrons. The molecular weight excluding hydrogens is 218 g/mol. The van der Waals surface area contributed by atoms with Crippen LogP contribution in [-0.4, -0.2) is 6.54 Å². The Bertz CT molecular complexity index is 441. The van der Waals surface area contributed by atoms with E-state index in [2.05, 4.69) is 32.9 Å². The summed E-state index contributed by atoms with van der Waals surface area (Å²) in [4.78, 5) is 0. The van der Waals surface area contributed by atoms with Crippen LogP contribution in [-0.2, 0) is 6.42 Å². The van der Waals surface area contributed by atoms with E-state index in [0.29, 0.717) is 5.41 Å². The molecule has 18 heavy (non-hydrogen) atoms. The molecule has 2 aliphatic carbocycles. The van der Waals surface area contributed by atoms with Gasteiger partial charge < -0.3 is 5.73 Å². The minimum Gasteiger partial charge on any atom is -0.330 e. The quantitative estimate of drug-likeness (QED) is 0.863. The van der Waals surface area contributed by atoms with Crippen LogP contribution in [0.4, 0.5) is 0 Å². The smallest absolute Gasteiger partial charge is 0.00171 e. The number of benzene rings is 1. The van der Waals surface area contributed by atoms with Gasteiger partial charge in [0.25, 0.3) is 0 Å².